The summed E-state index contributed by atoms with van der Waals surface area (Å²) in [6.45, 7) is 11.4. The van der Waals surface area contributed by atoms with Crippen molar-refractivity contribution in [1.29, 1.82) is 0 Å². The number of benzene rings is 2. The molecule has 5 aliphatic rings. The summed E-state index contributed by atoms with van der Waals surface area (Å²) in [6.07, 6.45) is 12.8. The maximum atomic E-state index is 13.1. The summed E-state index contributed by atoms with van der Waals surface area (Å²) >= 11 is 8.19. The van der Waals surface area contributed by atoms with Gasteiger partial charge >= 0.3 is 5.97 Å². The van der Waals surface area contributed by atoms with Gasteiger partial charge in [0.15, 0.2) is 0 Å². The number of nitrogens with zero attached hydrogens (tertiary/aromatic N) is 4. The largest absolute Gasteiger partial charge is 0.493 e. The van der Waals surface area contributed by atoms with Gasteiger partial charge in [0.2, 0.25) is 0 Å². The molecule has 0 radical (unpaired) electrons. The van der Waals surface area contributed by atoms with Crippen molar-refractivity contribution in [2.24, 2.45) is 11.8 Å². The predicted molar refractivity (Wildman–Crippen MR) is 229 cm³/mol. The molecule has 1 saturated heterocycles. The highest BCUT2D eigenvalue weighted by atomic mass is 35.5. The number of hydrogen-bond acceptors (Lipinski definition) is 8. The molecule has 8 nitrogen and oxygen atoms in total. The minimum atomic E-state index is -1.04. The highest BCUT2D eigenvalue weighted by Gasteiger charge is 2.54. The lowest BCUT2D eigenvalue weighted by Gasteiger charge is -2.47. The van der Waals surface area contributed by atoms with Gasteiger partial charge in [-0.25, -0.2) is 9.78 Å². The molecule has 1 spiro atoms. The SMILES string of the molecule is C[C@@H](COc1ccnc2c1[C@H](C)CCC2)C[C@H]1Cc2ccc(CN3CCN(Cc4csc(C5CC5)n4)CC3)cc2C12CCC(Nc1cccc(Cl)c1)(C(=O)O)CC2. The van der Waals surface area contributed by atoms with E-state index in [9.17, 15) is 9.90 Å². The average molecular weight is 809 g/mol. The zero-order valence-electron chi connectivity index (χ0n) is 33.6. The number of hydrogen-bond donors (Lipinski definition) is 2. The van der Waals surface area contributed by atoms with Gasteiger partial charge in [-0.1, -0.05) is 49.7 Å². The standard InChI is InChI=1S/C47H58ClN5O3S/c1-31(29-56-42-13-18-49-41-8-3-5-32(2)43(41)42)23-36-25-35-10-9-33(27-52-19-21-53(22-20-52)28-39-30-57-44(50-39)34-11-12-34)24-40(35)46(36)14-16-47(17-15-46,45(54)55)51-38-7-4-6-37(48)26-38/h4,6-7,9-10,13,18,24,26,30-32,34,36,51H,3,5,8,11-12,14-17,19-23,25,27-29H2,1-2H3,(H,54,55)/t31-,32-,36+,46?,47?/m1/s1. The van der Waals surface area contributed by atoms with Crippen molar-refractivity contribution in [1.82, 2.24) is 19.8 Å². The first kappa shape index (κ1) is 39.0. The van der Waals surface area contributed by atoms with Crippen LogP contribution >= 0.6 is 22.9 Å². The summed E-state index contributed by atoms with van der Waals surface area (Å²) in [7, 11) is 0. The number of pyridine rings is 1. The maximum Gasteiger partial charge on any atom is 0.329 e. The van der Waals surface area contributed by atoms with E-state index in [0.29, 0.717) is 42.2 Å². The van der Waals surface area contributed by atoms with Gasteiger partial charge in [0, 0.05) is 78.7 Å². The monoisotopic (exact) mass is 807 g/mol. The Labute approximate surface area is 347 Å². The number of carboxylic acids is 1. The highest BCUT2D eigenvalue weighted by molar-refractivity contribution is 7.09. The Bertz CT molecular complexity index is 2070. The summed E-state index contributed by atoms with van der Waals surface area (Å²) in [4.78, 5) is 27.9. The van der Waals surface area contributed by atoms with Crippen molar-refractivity contribution in [3.05, 3.63) is 104 Å². The number of aryl methyl sites for hydroxylation is 1. The highest BCUT2D eigenvalue weighted by Crippen LogP contribution is 2.56. The second-order valence-corrected chi connectivity index (χ2v) is 19.5. The molecule has 3 heterocycles. The van der Waals surface area contributed by atoms with Crippen molar-refractivity contribution >= 4 is 34.6 Å². The number of rotatable bonds is 13. The van der Waals surface area contributed by atoms with E-state index >= 15 is 0 Å². The van der Waals surface area contributed by atoms with E-state index in [4.69, 9.17) is 26.3 Å². The minimum Gasteiger partial charge on any atom is -0.493 e. The third-order valence-electron chi connectivity index (χ3n) is 14.1. The van der Waals surface area contributed by atoms with Crippen LogP contribution in [0.1, 0.15) is 122 Å². The van der Waals surface area contributed by atoms with E-state index in [0.717, 1.165) is 88.7 Å². The van der Waals surface area contributed by atoms with Gasteiger partial charge in [-0.15, -0.1) is 11.3 Å². The normalized spacial score (nSPS) is 26.9. The predicted octanol–water partition coefficient (Wildman–Crippen LogP) is 9.85. The smallest absolute Gasteiger partial charge is 0.329 e. The van der Waals surface area contributed by atoms with Gasteiger partial charge in [0.05, 0.1) is 17.3 Å². The van der Waals surface area contributed by atoms with Crippen LogP contribution in [0.4, 0.5) is 5.69 Å². The molecular formula is C47H58ClN5O3S. The number of aromatic nitrogens is 2. The summed E-state index contributed by atoms with van der Waals surface area (Å²) < 4.78 is 6.65. The molecule has 10 heteroatoms. The van der Waals surface area contributed by atoms with E-state index in [1.165, 1.54) is 64.3 Å². The van der Waals surface area contributed by atoms with E-state index in [1.54, 1.807) is 0 Å². The Morgan fingerprint density at radius 2 is 1.82 bits per heavy atom. The van der Waals surface area contributed by atoms with Gasteiger partial charge < -0.3 is 15.2 Å². The van der Waals surface area contributed by atoms with Crippen LogP contribution < -0.4 is 10.1 Å². The molecule has 4 aliphatic carbocycles. The first-order valence-electron chi connectivity index (χ1n) is 21.6. The van der Waals surface area contributed by atoms with Gasteiger partial charge in [0.1, 0.15) is 11.3 Å². The van der Waals surface area contributed by atoms with Crippen molar-refractivity contribution in [3.63, 3.8) is 0 Å². The molecule has 2 saturated carbocycles. The van der Waals surface area contributed by atoms with Crippen LogP contribution in [-0.4, -0.2) is 69.2 Å². The second-order valence-electron chi connectivity index (χ2n) is 18.2. The van der Waals surface area contributed by atoms with Crippen molar-refractivity contribution in [3.8, 4) is 5.75 Å². The Morgan fingerprint density at radius 1 is 1.04 bits per heavy atom. The van der Waals surface area contributed by atoms with Crippen molar-refractivity contribution < 1.29 is 14.6 Å². The molecule has 3 atom stereocenters. The van der Waals surface area contributed by atoms with Crippen LogP contribution in [0.3, 0.4) is 0 Å². The number of halogens is 1. The zero-order valence-corrected chi connectivity index (χ0v) is 35.2. The van der Waals surface area contributed by atoms with Crippen molar-refractivity contribution in [2.75, 3.05) is 38.1 Å². The molecule has 302 valence electrons. The van der Waals surface area contributed by atoms with Crippen LogP contribution in [0.5, 0.6) is 5.75 Å². The van der Waals surface area contributed by atoms with Crippen LogP contribution in [0, 0.1) is 11.8 Å². The summed E-state index contributed by atoms with van der Waals surface area (Å²) in [6, 6.07) is 16.8. The van der Waals surface area contributed by atoms with Gasteiger partial charge in [-0.2, -0.15) is 0 Å². The third-order valence-corrected chi connectivity index (χ3v) is 15.4. The van der Waals surface area contributed by atoms with Crippen LogP contribution in [-0.2, 0) is 36.1 Å². The molecule has 3 fully saturated rings. The van der Waals surface area contributed by atoms with Gasteiger partial charge in [-0.3, -0.25) is 14.8 Å². The lowest BCUT2D eigenvalue weighted by molar-refractivity contribution is -0.144. The molecule has 2 aromatic heterocycles. The quantitative estimate of drug-likeness (QED) is 0.138. The average Bonchev–Trinajstić information content (AvgIpc) is 3.89. The Kier molecular flexibility index (Phi) is 11.1. The van der Waals surface area contributed by atoms with Crippen LogP contribution in [0.15, 0.2) is 60.1 Å². The van der Waals surface area contributed by atoms with E-state index < -0.39 is 11.5 Å². The molecule has 0 amide bonds. The lowest BCUT2D eigenvalue weighted by Crippen LogP contribution is -2.53. The Balaban J connectivity index is 0.911. The number of piperazine rings is 1. The minimum absolute atomic E-state index is 0.0789. The topological polar surface area (TPSA) is 90.8 Å². The van der Waals surface area contributed by atoms with Crippen molar-refractivity contribution in [2.45, 2.75) is 120 Å². The molecule has 0 unspecified atom stereocenters. The lowest BCUT2D eigenvalue weighted by atomic mass is 9.59. The zero-order chi connectivity index (χ0) is 39.1. The number of carbonyl (C=O) groups is 1. The molecule has 1 aliphatic heterocycles. The van der Waals surface area contributed by atoms with Crippen LogP contribution in [0.2, 0.25) is 5.02 Å². The number of fused-ring (bicyclic) bond motifs is 3. The first-order chi connectivity index (χ1) is 27.7. The number of thiazole rings is 1. The van der Waals surface area contributed by atoms with Gasteiger partial charge in [0.25, 0.3) is 0 Å². The Morgan fingerprint density at radius 3 is 2.58 bits per heavy atom. The number of aliphatic carboxylic acids is 1. The molecule has 57 heavy (non-hydrogen) atoms. The number of carboxylic acid groups (broad SMARTS) is 1. The fourth-order valence-electron chi connectivity index (χ4n) is 10.7. The molecule has 9 rings (SSSR count). The molecule has 4 aromatic rings. The number of anilines is 1. The van der Waals surface area contributed by atoms with E-state index in [2.05, 4.69) is 58.6 Å². The molecule has 2 N–H and O–H groups in total. The maximum absolute atomic E-state index is 13.1. The first-order valence-corrected chi connectivity index (χ1v) is 22.8. The number of ether oxygens (including phenoxy) is 1. The third kappa shape index (κ3) is 8.24. The van der Waals surface area contributed by atoms with Crippen LogP contribution in [0.25, 0.3) is 0 Å². The molecule has 0 bridgehead atoms. The summed E-state index contributed by atoms with van der Waals surface area (Å²) in [5.41, 5.74) is 7.67. The molecule has 2 aromatic carbocycles. The summed E-state index contributed by atoms with van der Waals surface area (Å²) in [5, 5.41) is 18.4. The fourth-order valence-corrected chi connectivity index (χ4v) is 11.9. The van der Waals surface area contributed by atoms with Gasteiger partial charge in [-0.05, 0) is 135 Å². The van der Waals surface area contributed by atoms with E-state index in [-0.39, 0.29) is 5.41 Å². The fraction of sp³-hybridized carbons (Fsp3) is 0.553. The summed E-state index contributed by atoms with van der Waals surface area (Å²) in [5.74, 6) is 2.19. The Hall–Kier alpha value is -3.50. The van der Waals surface area contributed by atoms with E-state index in [1.807, 2.05) is 41.8 Å². The number of nitrogens with one attached hydrogen (secondary N) is 1. The molecular weight excluding hydrogens is 750 g/mol. The second kappa shape index (κ2) is 16.3.